The van der Waals surface area contributed by atoms with Crippen molar-refractivity contribution in [1.29, 1.82) is 0 Å². The summed E-state index contributed by atoms with van der Waals surface area (Å²) in [5.41, 5.74) is 0. The maximum atomic E-state index is 11.6. The van der Waals surface area contributed by atoms with Gasteiger partial charge in [-0.15, -0.1) is 0 Å². The monoisotopic (exact) mass is 280 g/mol. The van der Waals surface area contributed by atoms with E-state index in [9.17, 15) is 4.79 Å². The van der Waals surface area contributed by atoms with Crippen molar-refractivity contribution in [2.75, 3.05) is 32.8 Å². The van der Waals surface area contributed by atoms with Crippen LogP contribution in [0.25, 0.3) is 0 Å². The Morgan fingerprint density at radius 1 is 1.30 bits per heavy atom. The first-order valence-corrected chi connectivity index (χ1v) is 7.10. The molecule has 0 radical (unpaired) electrons. The molecule has 2 aliphatic rings. The molecule has 0 bridgehead atoms. The van der Waals surface area contributed by atoms with Crippen LogP contribution in [0.4, 0.5) is 0 Å². The predicted molar refractivity (Wildman–Crippen MR) is 70.0 cm³/mol. The van der Waals surface area contributed by atoms with Gasteiger partial charge in [0.2, 0.25) is 5.89 Å². The van der Waals surface area contributed by atoms with Gasteiger partial charge in [0.15, 0.2) is 5.82 Å². The summed E-state index contributed by atoms with van der Waals surface area (Å²) in [5, 5.41) is 3.84. The van der Waals surface area contributed by atoms with Crippen LogP contribution in [0.15, 0.2) is 4.52 Å². The van der Waals surface area contributed by atoms with Crippen molar-refractivity contribution < 1.29 is 14.1 Å². The van der Waals surface area contributed by atoms with E-state index in [1.54, 1.807) is 0 Å². The van der Waals surface area contributed by atoms with E-state index < -0.39 is 0 Å². The van der Waals surface area contributed by atoms with Gasteiger partial charge in [-0.05, 0) is 13.8 Å². The van der Waals surface area contributed by atoms with E-state index in [0.717, 1.165) is 32.6 Å². The number of nitrogens with zero attached hydrogens (tertiary/aromatic N) is 4. The van der Waals surface area contributed by atoms with Crippen LogP contribution in [0, 0.1) is 6.92 Å². The van der Waals surface area contributed by atoms with Crippen molar-refractivity contribution in [3.05, 3.63) is 11.7 Å². The minimum atomic E-state index is -0.0703. The first-order valence-electron chi connectivity index (χ1n) is 7.10. The van der Waals surface area contributed by atoms with Crippen molar-refractivity contribution in [3.8, 4) is 0 Å². The number of carbonyl (C=O) groups excluding carboxylic acids is 1. The summed E-state index contributed by atoms with van der Waals surface area (Å²) >= 11 is 0. The largest absolute Gasteiger partial charge is 0.464 e. The first kappa shape index (κ1) is 13.5. The zero-order valence-corrected chi connectivity index (χ0v) is 11.9. The van der Waals surface area contributed by atoms with Crippen molar-refractivity contribution in [2.45, 2.75) is 32.4 Å². The molecule has 2 saturated heterocycles. The highest BCUT2D eigenvalue weighted by molar-refractivity contribution is 5.77. The molecule has 20 heavy (non-hydrogen) atoms. The summed E-state index contributed by atoms with van der Waals surface area (Å²) in [6.45, 7) is 7.99. The van der Waals surface area contributed by atoms with E-state index in [1.807, 2.05) is 6.92 Å². The minimum Gasteiger partial charge on any atom is -0.464 e. The molecule has 110 valence electrons. The Kier molecular flexibility index (Phi) is 3.71. The predicted octanol–water partition coefficient (Wildman–Crippen LogP) is 0.372. The van der Waals surface area contributed by atoms with Gasteiger partial charge >= 0.3 is 5.97 Å². The number of ether oxygens (including phenoxy) is 1. The molecule has 0 aromatic carbocycles. The number of esters is 1. The molecule has 1 aromatic heterocycles. The number of aromatic nitrogens is 2. The van der Waals surface area contributed by atoms with E-state index in [4.69, 9.17) is 9.26 Å². The lowest BCUT2D eigenvalue weighted by molar-refractivity contribution is -0.143. The lowest BCUT2D eigenvalue weighted by Crippen LogP contribution is -2.52. The van der Waals surface area contributed by atoms with Crippen LogP contribution in [0.3, 0.4) is 0 Å². The van der Waals surface area contributed by atoms with Crippen LogP contribution in [-0.2, 0) is 9.53 Å². The molecule has 3 rings (SSSR count). The zero-order chi connectivity index (χ0) is 14.1. The summed E-state index contributed by atoms with van der Waals surface area (Å²) in [6, 6.07) is 0.0759. The first-order chi connectivity index (χ1) is 9.65. The van der Waals surface area contributed by atoms with E-state index in [2.05, 4.69) is 26.9 Å². The molecule has 7 nitrogen and oxygen atoms in total. The molecular formula is C13H20N4O3. The van der Waals surface area contributed by atoms with Crippen molar-refractivity contribution in [3.63, 3.8) is 0 Å². The lowest BCUT2D eigenvalue weighted by atomic mass is 10.1. The van der Waals surface area contributed by atoms with Gasteiger partial charge in [0.25, 0.3) is 0 Å². The Morgan fingerprint density at radius 2 is 2.05 bits per heavy atom. The van der Waals surface area contributed by atoms with E-state index in [-0.39, 0.29) is 18.1 Å². The highest BCUT2D eigenvalue weighted by atomic mass is 16.5. The van der Waals surface area contributed by atoms with Gasteiger partial charge in [0.05, 0.1) is 12.6 Å². The summed E-state index contributed by atoms with van der Waals surface area (Å²) in [6.07, 6.45) is 0.817. The summed E-state index contributed by atoms with van der Waals surface area (Å²) < 4.78 is 10.3. The van der Waals surface area contributed by atoms with Gasteiger partial charge in [0, 0.05) is 32.6 Å². The fourth-order valence-electron chi connectivity index (χ4n) is 2.89. The Balaban J connectivity index is 1.57. The van der Waals surface area contributed by atoms with Crippen molar-refractivity contribution in [2.24, 2.45) is 0 Å². The van der Waals surface area contributed by atoms with Crippen molar-refractivity contribution in [1.82, 2.24) is 19.9 Å². The number of piperazine rings is 1. The van der Waals surface area contributed by atoms with Crippen LogP contribution in [0.2, 0.25) is 0 Å². The Labute approximate surface area is 117 Å². The van der Waals surface area contributed by atoms with Gasteiger partial charge in [-0.2, -0.15) is 4.98 Å². The SMILES string of the molecule is Cc1noc([C@H](C)N2CCN([C@@H]3CCOC3=O)CC2)n1. The third kappa shape index (κ3) is 2.55. The normalized spacial score (nSPS) is 26.7. The second kappa shape index (κ2) is 5.49. The molecule has 0 spiro atoms. The minimum absolute atomic E-state index is 0.0434. The quantitative estimate of drug-likeness (QED) is 0.741. The third-order valence-electron chi connectivity index (χ3n) is 4.15. The van der Waals surface area contributed by atoms with E-state index in [0.29, 0.717) is 18.3 Å². The average Bonchev–Trinajstić information content (AvgIpc) is 3.07. The van der Waals surface area contributed by atoms with Gasteiger partial charge in [-0.1, -0.05) is 5.16 Å². The molecule has 0 unspecified atom stereocenters. The van der Waals surface area contributed by atoms with Gasteiger partial charge in [-0.3, -0.25) is 14.6 Å². The number of aryl methyl sites for hydroxylation is 1. The zero-order valence-electron chi connectivity index (χ0n) is 11.9. The second-order valence-electron chi connectivity index (χ2n) is 5.40. The lowest BCUT2D eigenvalue weighted by Gasteiger charge is -2.38. The highest BCUT2D eigenvalue weighted by Gasteiger charge is 2.35. The molecule has 1 aromatic rings. The maximum absolute atomic E-state index is 11.6. The molecule has 0 aliphatic carbocycles. The molecule has 2 aliphatic heterocycles. The fourth-order valence-corrected chi connectivity index (χ4v) is 2.89. The summed E-state index contributed by atoms with van der Waals surface area (Å²) in [5.74, 6) is 1.26. The van der Waals surface area contributed by atoms with Gasteiger partial charge < -0.3 is 9.26 Å². The van der Waals surface area contributed by atoms with Crippen LogP contribution in [0.1, 0.15) is 31.1 Å². The van der Waals surface area contributed by atoms with Crippen molar-refractivity contribution >= 4 is 5.97 Å². The second-order valence-corrected chi connectivity index (χ2v) is 5.40. The van der Waals surface area contributed by atoms with E-state index >= 15 is 0 Å². The van der Waals surface area contributed by atoms with Crippen LogP contribution in [0.5, 0.6) is 0 Å². The van der Waals surface area contributed by atoms with Gasteiger partial charge in [-0.25, -0.2) is 0 Å². The number of rotatable bonds is 3. The Hall–Kier alpha value is -1.47. The fraction of sp³-hybridized carbons (Fsp3) is 0.769. The van der Waals surface area contributed by atoms with Crippen LogP contribution >= 0.6 is 0 Å². The molecule has 0 amide bonds. The molecule has 0 N–H and O–H groups in total. The number of hydrogen-bond acceptors (Lipinski definition) is 7. The Morgan fingerprint density at radius 3 is 2.60 bits per heavy atom. The molecular weight excluding hydrogens is 260 g/mol. The highest BCUT2D eigenvalue weighted by Crippen LogP contribution is 2.22. The molecule has 7 heteroatoms. The molecule has 2 fully saturated rings. The van der Waals surface area contributed by atoms with Crippen LogP contribution < -0.4 is 0 Å². The standard InChI is InChI=1S/C13H20N4O3/c1-9(12-14-10(2)15-20-12)16-4-6-17(7-5-16)11-3-8-19-13(11)18/h9,11H,3-8H2,1-2H3/t9-,11+/m0/s1. The topological polar surface area (TPSA) is 71.7 Å². The van der Waals surface area contributed by atoms with E-state index in [1.165, 1.54) is 0 Å². The maximum Gasteiger partial charge on any atom is 0.323 e. The molecule has 0 saturated carbocycles. The summed E-state index contributed by atoms with van der Waals surface area (Å²) in [7, 11) is 0. The third-order valence-corrected chi connectivity index (χ3v) is 4.15. The average molecular weight is 280 g/mol. The number of cyclic esters (lactones) is 1. The molecule has 2 atom stereocenters. The smallest absolute Gasteiger partial charge is 0.323 e. The van der Waals surface area contributed by atoms with Gasteiger partial charge in [0.1, 0.15) is 6.04 Å². The van der Waals surface area contributed by atoms with Crippen LogP contribution in [-0.4, -0.2) is 64.7 Å². The number of hydrogen-bond donors (Lipinski definition) is 0. The molecule has 3 heterocycles. The summed E-state index contributed by atoms with van der Waals surface area (Å²) in [4.78, 5) is 20.4. The number of carbonyl (C=O) groups is 1. The Bertz CT molecular complexity index is 482.